The molecule has 4 nitrogen and oxygen atoms in total. The minimum absolute atomic E-state index is 0.212. The number of hydrogen-bond donors (Lipinski definition) is 0. The third kappa shape index (κ3) is 3.83. The van der Waals surface area contributed by atoms with Crippen LogP contribution in [0.3, 0.4) is 0 Å². The highest BCUT2D eigenvalue weighted by molar-refractivity contribution is 8.00. The zero-order valence-corrected chi connectivity index (χ0v) is 15.4. The van der Waals surface area contributed by atoms with Crippen LogP contribution in [0.5, 0.6) is 0 Å². The molecule has 3 aromatic rings. The van der Waals surface area contributed by atoms with E-state index in [1.54, 1.807) is 11.8 Å². The van der Waals surface area contributed by atoms with Crippen molar-refractivity contribution in [3.63, 3.8) is 0 Å². The molecule has 1 aliphatic rings. The van der Waals surface area contributed by atoms with Gasteiger partial charge in [0.25, 0.3) is 0 Å². The Morgan fingerprint density at radius 2 is 1.69 bits per heavy atom. The molecule has 0 saturated carbocycles. The van der Waals surface area contributed by atoms with E-state index in [9.17, 15) is 4.79 Å². The Balaban J connectivity index is 1.31. The molecule has 2 heterocycles. The second kappa shape index (κ2) is 7.79. The Labute approximate surface area is 157 Å². The van der Waals surface area contributed by atoms with Crippen LogP contribution >= 0.6 is 11.8 Å². The summed E-state index contributed by atoms with van der Waals surface area (Å²) in [6.45, 7) is 3.19. The van der Waals surface area contributed by atoms with Gasteiger partial charge in [-0.1, -0.05) is 36.4 Å². The maximum atomic E-state index is 12.5. The van der Waals surface area contributed by atoms with Gasteiger partial charge in [0.2, 0.25) is 5.91 Å². The number of rotatable bonds is 4. The predicted molar refractivity (Wildman–Crippen MR) is 108 cm³/mol. The molecule has 0 radical (unpaired) electrons. The summed E-state index contributed by atoms with van der Waals surface area (Å²) >= 11 is 1.62. The fourth-order valence-electron chi connectivity index (χ4n) is 3.22. The SMILES string of the molecule is O=C(CSc1ccc2ccccc2c1)N1CCN(c2ccccn2)CC1. The van der Waals surface area contributed by atoms with Gasteiger partial charge in [-0.15, -0.1) is 11.8 Å². The number of anilines is 1. The first-order valence-electron chi connectivity index (χ1n) is 8.85. The number of carbonyl (C=O) groups is 1. The van der Waals surface area contributed by atoms with Crippen LogP contribution in [0.25, 0.3) is 10.8 Å². The number of nitrogens with zero attached hydrogens (tertiary/aromatic N) is 3. The van der Waals surface area contributed by atoms with Gasteiger partial charge < -0.3 is 9.80 Å². The van der Waals surface area contributed by atoms with E-state index in [0.717, 1.165) is 36.9 Å². The molecule has 1 amide bonds. The van der Waals surface area contributed by atoms with E-state index in [1.165, 1.54) is 10.8 Å². The predicted octanol–water partition coefficient (Wildman–Crippen LogP) is 3.68. The Morgan fingerprint density at radius 3 is 2.46 bits per heavy atom. The van der Waals surface area contributed by atoms with E-state index < -0.39 is 0 Å². The number of pyridine rings is 1. The summed E-state index contributed by atoms with van der Waals surface area (Å²) < 4.78 is 0. The van der Waals surface area contributed by atoms with Crippen LogP contribution in [0, 0.1) is 0 Å². The lowest BCUT2D eigenvalue weighted by molar-refractivity contribution is -0.128. The second-order valence-electron chi connectivity index (χ2n) is 6.35. The van der Waals surface area contributed by atoms with Gasteiger partial charge in [-0.05, 0) is 35.0 Å². The molecule has 4 rings (SSSR count). The molecule has 0 atom stereocenters. The van der Waals surface area contributed by atoms with E-state index in [4.69, 9.17) is 0 Å². The van der Waals surface area contributed by atoms with Gasteiger partial charge in [0.05, 0.1) is 5.75 Å². The van der Waals surface area contributed by atoms with Crippen molar-refractivity contribution in [1.82, 2.24) is 9.88 Å². The Morgan fingerprint density at radius 1 is 0.923 bits per heavy atom. The number of amides is 1. The minimum atomic E-state index is 0.212. The molecule has 1 fully saturated rings. The second-order valence-corrected chi connectivity index (χ2v) is 7.40. The topological polar surface area (TPSA) is 36.4 Å². The van der Waals surface area contributed by atoms with Crippen LogP contribution in [-0.2, 0) is 4.79 Å². The maximum Gasteiger partial charge on any atom is 0.233 e. The van der Waals surface area contributed by atoms with Crippen LogP contribution in [0.15, 0.2) is 71.8 Å². The monoisotopic (exact) mass is 363 g/mol. The number of aromatic nitrogens is 1. The van der Waals surface area contributed by atoms with Crippen LogP contribution in [0.4, 0.5) is 5.82 Å². The molecule has 0 unspecified atom stereocenters. The van der Waals surface area contributed by atoms with Crippen LogP contribution in [0.1, 0.15) is 0 Å². The Hall–Kier alpha value is -2.53. The summed E-state index contributed by atoms with van der Waals surface area (Å²) in [7, 11) is 0. The lowest BCUT2D eigenvalue weighted by atomic mass is 10.1. The summed E-state index contributed by atoms with van der Waals surface area (Å²) in [6, 6.07) is 20.6. The van der Waals surface area contributed by atoms with Gasteiger partial charge in [0.1, 0.15) is 5.82 Å². The molecule has 0 spiro atoms. The molecule has 26 heavy (non-hydrogen) atoms. The zero-order valence-electron chi connectivity index (χ0n) is 14.5. The number of fused-ring (bicyclic) bond motifs is 1. The third-order valence-electron chi connectivity index (χ3n) is 4.69. The third-order valence-corrected chi connectivity index (χ3v) is 5.67. The molecule has 1 saturated heterocycles. The summed E-state index contributed by atoms with van der Waals surface area (Å²) in [5.41, 5.74) is 0. The standard InChI is InChI=1S/C21H21N3OS/c25-21(16-26-19-9-8-17-5-1-2-6-18(17)15-19)24-13-11-23(12-14-24)20-7-3-4-10-22-20/h1-10,15H,11-14,16H2. The normalized spacial score (nSPS) is 14.6. The van der Waals surface area contributed by atoms with Crippen LogP contribution < -0.4 is 4.90 Å². The van der Waals surface area contributed by atoms with Crippen molar-refractivity contribution < 1.29 is 4.79 Å². The maximum absolute atomic E-state index is 12.5. The van der Waals surface area contributed by atoms with Crippen molar-refractivity contribution >= 4 is 34.3 Å². The van der Waals surface area contributed by atoms with Gasteiger partial charge in [0, 0.05) is 37.3 Å². The molecule has 0 aliphatic carbocycles. The highest BCUT2D eigenvalue weighted by Gasteiger charge is 2.21. The quantitative estimate of drug-likeness (QED) is 0.663. The molecule has 132 valence electrons. The molecule has 1 aliphatic heterocycles. The van der Waals surface area contributed by atoms with Crippen molar-refractivity contribution in [3.05, 3.63) is 66.9 Å². The Kier molecular flexibility index (Phi) is 5.07. The number of carbonyl (C=O) groups excluding carboxylic acids is 1. The average Bonchev–Trinajstić information content (AvgIpc) is 2.72. The summed E-state index contributed by atoms with van der Waals surface area (Å²) in [5.74, 6) is 1.69. The minimum Gasteiger partial charge on any atom is -0.353 e. The lowest BCUT2D eigenvalue weighted by Gasteiger charge is -2.35. The highest BCUT2D eigenvalue weighted by atomic mass is 32.2. The fraction of sp³-hybridized carbons (Fsp3) is 0.238. The van der Waals surface area contributed by atoms with E-state index in [-0.39, 0.29) is 5.91 Å². The van der Waals surface area contributed by atoms with Crippen molar-refractivity contribution in [1.29, 1.82) is 0 Å². The first-order valence-corrected chi connectivity index (χ1v) is 9.83. The summed E-state index contributed by atoms with van der Waals surface area (Å²) in [4.78, 5) is 22.3. The molecule has 1 aromatic heterocycles. The fourth-order valence-corrected chi connectivity index (χ4v) is 4.07. The summed E-state index contributed by atoms with van der Waals surface area (Å²) in [5, 5.41) is 2.45. The molecular formula is C21H21N3OS. The van der Waals surface area contributed by atoms with Gasteiger partial charge in [-0.3, -0.25) is 4.79 Å². The number of thioether (sulfide) groups is 1. The molecule has 2 aromatic carbocycles. The lowest BCUT2D eigenvalue weighted by Crippen LogP contribution is -2.49. The van der Waals surface area contributed by atoms with Gasteiger partial charge in [-0.2, -0.15) is 0 Å². The van der Waals surface area contributed by atoms with Crippen molar-refractivity contribution in [3.8, 4) is 0 Å². The zero-order chi connectivity index (χ0) is 17.8. The van der Waals surface area contributed by atoms with Crippen molar-refractivity contribution in [2.45, 2.75) is 4.90 Å². The van der Waals surface area contributed by atoms with Gasteiger partial charge >= 0.3 is 0 Å². The van der Waals surface area contributed by atoms with Gasteiger partial charge in [0.15, 0.2) is 0 Å². The van der Waals surface area contributed by atoms with E-state index in [1.807, 2.05) is 41.4 Å². The number of hydrogen-bond acceptors (Lipinski definition) is 4. The first kappa shape index (κ1) is 16.9. The number of piperazine rings is 1. The van der Waals surface area contributed by atoms with E-state index >= 15 is 0 Å². The van der Waals surface area contributed by atoms with Crippen molar-refractivity contribution in [2.24, 2.45) is 0 Å². The average molecular weight is 363 g/mol. The summed E-state index contributed by atoms with van der Waals surface area (Å²) in [6.07, 6.45) is 1.81. The van der Waals surface area contributed by atoms with Gasteiger partial charge in [-0.25, -0.2) is 4.98 Å². The smallest absolute Gasteiger partial charge is 0.233 e. The molecule has 0 bridgehead atoms. The number of benzene rings is 2. The largest absolute Gasteiger partial charge is 0.353 e. The van der Waals surface area contributed by atoms with E-state index in [2.05, 4.69) is 40.2 Å². The Bertz CT molecular complexity index is 892. The molecule has 5 heteroatoms. The molecule has 0 N–H and O–H groups in total. The van der Waals surface area contributed by atoms with Crippen molar-refractivity contribution in [2.75, 3.05) is 36.8 Å². The van der Waals surface area contributed by atoms with Crippen LogP contribution in [0.2, 0.25) is 0 Å². The highest BCUT2D eigenvalue weighted by Crippen LogP contribution is 2.24. The van der Waals surface area contributed by atoms with E-state index in [0.29, 0.717) is 5.75 Å². The molecular weight excluding hydrogens is 342 g/mol. The first-order chi connectivity index (χ1) is 12.8. The van der Waals surface area contributed by atoms with Crippen LogP contribution in [-0.4, -0.2) is 47.7 Å².